The van der Waals surface area contributed by atoms with Gasteiger partial charge in [-0.25, -0.2) is 0 Å². The van der Waals surface area contributed by atoms with Crippen molar-refractivity contribution in [2.45, 2.75) is 103 Å². The minimum absolute atomic E-state index is 0.0187. The lowest BCUT2D eigenvalue weighted by molar-refractivity contribution is 0.102. The molecule has 0 heterocycles. The van der Waals surface area contributed by atoms with E-state index in [1.54, 1.807) is 24.3 Å². The zero-order chi connectivity index (χ0) is 23.7. The zero-order valence-corrected chi connectivity index (χ0v) is 21.1. The molecule has 32 heavy (non-hydrogen) atoms. The van der Waals surface area contributed by atoms with Crippen molar-refractivity contribution in [2.75, 3.05) is 5.32 Å². The van der Waals surface area contributed by atoms with Crippen molar-refractivity contribution in [2.24, 2.45) is 0 Å². The van der Waals surface area contributed by atoms with Gasteiger partial charge in [-0.15, -0.1) is 0 Å². The highest BCUT2D eigenvalue weighted by Gasteiger charge is 2.46. The van der Waals surface area contributed by atoms with Gasteiger partial charge >= 0.3 is 0 Å². The molecule has 2 aliphatic carbocycles. The molecule has 4 rings (SSSR count). The minimum atomic E-state index is -0.112. The second-order valence-corrected chi connectivity index (χ2v) is 12.6. The number of hydrogen-bond donors (Lipinski definition) is 2. The molecule has 2 aromatic carbocycles. The summed E-state index contributed by atoms with van der Waals surface area (Å²) in [6, 6.07) is 9.02. The van der Waals surface area contributed by atoms with E-state index < -0.39 is 0 Å². The SMILES string of the molecule is CC1(C)CCC(C)(C)c2c1cc1c(c2NC(=O)c2ccc(O)cc2)C(C)(C)CCC1(C)C. The lowest BCUT2D eigenvalue weighted by Gasteiger charge is -2.49. The fourth-order valence-electron chi connectivity index (χ4n) is 5.85. The summed E-state index contributed by atoms with van der Waals surface area (Å²) in [6.45, 7) is 18.7. The minimum Gasteiger partial charge on any atom is -0.508 e. The van der Waals surface area contributed by atoms with E-state index in [9.17, 15) is 9.90 Å². The van der Waals surface area contributed by atoms with Crippen LogP contribution in [0.2, 0.25) is 0 Å². The summed E-state index contributed by atoms with van der Waals surface area (Å²) >= 11 is 0. The van der Waals surface area contributed by atoms with Crippen LogP contribution < -0.4 is 5.32 Å². The molecule has 2 aromatic rings. The van der Waals surface area contributed by atoms with Crippen LogP contribution >= 0.6 is 0 Å². The van der Waals surface area contributed by atoms with Gasteiger partial charge in [0, 0.05) is 11.3 Å². The van der Waals surface area contributed by atoms with Gasteiger partial charge < -0.3 is 10.4 Å². The third-order valence-corrected chi connectivity index (χ3v) is 8.26. The number of aromatic hydroxyl groups is 1. The van der Waals surface area contributed by atoms with E-state index >= 15 is 0 Å². The van der Waals surface area contributed by atoms with E-state index in [1.165, 1.54) is 22.3 Å². The molecule has 0 unspecified atom stereocenters. The molecule has 0 aromatic heterocycles. The van der Waals surface area contributed by atoms with Crippen LogP contribution in [-0.4, -0.2) is 11.0 Å². The van der Waals surface area contributed by atoms with Gasteiger partial charge in [0.2, 0.25) is 0 Å². The van der Waals surface area contributed by atoms with E-state index in [4.69, 9.17) is 0 Å². The Hall–Kier alpha value is -2.29. The second-order valence-electron chi connectivity index (χ2n) is 12.6. The smallest absolute Gasteiger partial charge is 0.255 e. The fourth-order valence-corrected chi connectivity index (χ4v) is 5.85. The first-order valence-corrected chi connectivity index (χ1v) is 12.0. The highest BCUT2D eigenvalue weighted by Crippen LogP contribution is 2.56. The van der Waals surface area contributed by atoms with E-state index in [2.05, 4.69) is 66.8 Å². The molecule has 0 atom stereocenters. The molecule has 3 nitrogen and oxygen atoms in total. The molecule has 0 bridgehead atoms. The van der Waals surface area contributed by atoms with Crippen molar-refractivity contribution in [3.05, 3.63) is 58.1 Å². The number of fused-ring (bicyclic) bond motifs is 2. The van der Waals surface area contributed by atoms with Gasteiger partial charge in [-0.05, 0) is 93.9 Å². The third kappa shape index (κ3) is 3.64. The van der Waals surface area contributed by atoms with E-state index in [0.717, 1.165) is 31.4 Å². The van der Waals surface area contributed by atoms with Crippen molar-refractivity contribution < 1.29 is 9.90 Å². The number of rotatable bonds is 2. The van der Waals surface area contributed by atoms with Crippen molar-refractivity contribution in [3.8, 4) is 5.75 Å². The number of nitrogens with one attached hydrogen (secondary N) is 1. The van der Waals surface area contributed by atoms with Crippen LogP contribution in [0, 0.1) is 0 Å². The van der Waals surface area contributed by atoms with Gasteiger partial charge in [0.15, 0.2) is 0 Å². The number of anilines is 1. The van der Waals surface area contributed by atoms with Crippen LogP contribution in [-0.2, 0) is 21.7 Å². The number of carbonyl (C=O) groups is 1. The summed E-state index contributed by atoms with van der Waals surface area (Å²) in [6.07, 6.45) is 4.47. The predicted octanol–water partition coefficient (Wildman–Crippen LogP) is 7.34. The quantitative estimate of drug-likeness (QED) is 0.520. The first-order chi connectivity index (χ1) is 14.7. The lowest BCUT2D eigenvalue weighted by Crippen LogP contribution is -2.41. The molecule has 0 fully saturated rings. The van der Waals surface area contributed by atoms with Crippen LogP contribution in [0.25, 0.3) is 0 Å². The summed E-state index contributed by atoms with van der Waals surface area (Å²) in [5.74, 6) is 0.0562. The molecule has 0 spiro atoms. The van der Waals surface area contributed by atoms with Crippen LogP contribution in [0.15, 0.2) is 30.3 Å². The number of carbonyl (C=O) groups excluding carboxylic acids is 1. The Labute approximate surface area is 193 Å². The third-order valence-electron chi connectivity index (χ3n) is 8.26. The largest absolute Gasteiger partial charge is 0.508 e. The van der Waals surface area contributed by atoms with Crippen molar-refractivity contribution in [1.82, 2.24) is 0 Å². The predicted molar refractivity (Wildman–Crippen MR) is 133 cm³/mol. The second kappa shape index (κ2) is 7.10. The summed E-state index contributed by atoms with van der Waals surface area (Å²) in [5.41, 5.74) is 7.09. The van der Waals surface area contributed by atoms with Gasteiger partial charge in [-0.1, -0.05) is 61.5 Å². The standard InChI is InChI=1S/C29H39NO2/c1-26(2)13-15-28(5,6)22-20(26)17-21-23(29(7,8)16-14-27(21,3)4)24(22)30-25(32)18-9-11-19(31)12-10-18/h9-12,17,31H,13-16H2,1-8H3,(H,30,32). The van der Waals surface area contributed by atoms with Crippen molar-refractivity contribution in [3.63, 3.8) is 0 Å². The molecule has 0 saturated heterocycles. The van der Waals surface area contributed by atoms with E-state index in [0.29, 0.717) is 5.56 Å². The fraction of sp³-hybridized carbons (Fsp3) is 0.552. The molecule has 2 N–H and O–H groups in total. The maximum atomic E-state index is 13.4. The maximum absolute atomic E-state index is 13.4. The summed E-state index contributed by atoms with van der Waals surface area (Å²) in [4.78, 5) is 13.4. The molecule has 0 aliphatic heterocycles. The summed E-state index contributed by atoms with van der Waals surface area (Å²) in [5, 5.41) is 13.1. The summed E-state index contributed by atoms with van der Waals surface area (Å²) < 4.78 is 0. The van der Waals surface area contributed by atoms with Gasteiger partial charge in [0.05, 0.1) is 0 Å². The Morgan fingerprint density at radius 2 is 1.12 bits per heavy atom. The average Bonchev–Trinajstić information content (AvgIpc) is 2.69. The van der Waals surface area contributed by atoms with Gasteiger partial charge in [-0.2, -0.15) is 0 Å². The molecule has 0 saturated carbocycles. The number of phenols is 1. The van der Waals surface area contributed by atoms with Gasteiger partial charge in [0.1, 0.15) is 5.75 Å². The van der Waals surface area contributed by atoms with Crippen molar-refractivity contribution >= 4 is 11.6 Å². The Morgan fingerprint density at radius 3 is 1.56 bits per heavy atom. The first kappa shape index (κ1) is 22.9. The van der Waals surface area contributed by atoms with E-state index in [1.807, 2.05) is 0 Å². The monoisotopic (exact) mass is 433 g/mol. The van der Waals surface area contributed by atoms with Crippen LogP contribution in [0.3, 0.4) is 0 Å². The first-order valence-electron chi connectivity index (χ1n) is 12.0. The number of benzene rings is 2. The Kier molecular flexibility index (Phi) is 5.08. The molecule has 1 amide bonds. The van der Waals surface area contributed by atoms with E-state index in [-0.39, 0.29) is 33.3 Å². The Bertz CT molecular complexity index is 1020. The zero-order valence-electron chi connectivity index (χ0n) is 21.1. The Balaban J connectivity index is 2.02. The topological polar surface area (TPSA) is 49.3 Å². The lowest BCUT2D eigenvalue weighted by atomic mass is 9.56. The normalized spacial score (nSPS) is 21.9. The average molecular weight is 434 g/mol. The number of amides is 1. The molecule has 2 aliphatic rings. The molecule has 0 radical (unpaired) electrons. The molecule has 3 heteroatoms. The van der Waals surface area contributed by atoms with Gasteiger partial charge in [-0.3, -0.25) is 4.79 Å². The van der Waals surface area contributed by atoms with Crippen molar-refractivity contribution in [1.29, 1.82) is 0 Å². The Morgan fingerprint density at radius 1 is 0.719 bits per heavy atom. The highest BCUT2D eigenvalue weighted by molar-refractivity contribution is 6.05. The molecule has 172 valence electrons. The maximum Gasteiger partial charge on any atom is 0.255 e. The van der Waals surface area contributed by atoms with Crippen LogP contribution in [0.5, 0.6) is 5.75 Å². The summed E-state index contributed by atoms with van der Waals surface area (Å²) in [7, 11) is 0. The highest BCUT2D eigenvalue weighted by atomic mass is 16.3. The number of hydrogen-bond acceptors (Lipinski definition) is 2. The van der Waals surface area contributed by atoms with Crippen LogP contribution in [0.4, 0.5) is 5.69 Å². The number of phenolic OH excluding ortho intramolecular Hbond substituents is 1. The molecular weight excluding hydrogens is 394 g/mol. The molecular formula is C29H39NO2. The van der Waals surface area contributed by atoms with Gasteiger partial charge in [0.25, 0.3) is 5.91 Å². The van der Waals surface area contributed by atoms with Crippen LogP contribution in [0.1, 0.15) is 114 Å².